The largest absolute Gasteiger partial charge is 0.319 e. The summed E-state index contributed by atoms with van der Waals surface area (Å²) < 4.78 is 29.3. The van der Waals surface area contributed by atoms with Gasteiger partial charge in [0.2, 0.25) is 0 Å². The maximum atomic E-state index is 13.8. The molecule has 0 radical (unpaired) electrons. The third kappa shape index (κ3) is 2.87. The van der Waals surface area contributed by atoms with Gasteiger partial charge in [0.1, 0.15) is 11.0 Å². The maximum Gasteiger partial charge on any atom is 0.161 e. The number of pyridine rings is 1. The fourth-order valence-electron chi connectivity index (χ4n) is 2.80. The first-order valence-corrected chi connectivity index (χ1v) is 8.01. The van der Waals surface area contributed by atoms with Crippen LogP contribution in [0.4, 0.5) is 8.78 Å². The lowest BCUT2D eigenvalue weighted by atomic mass is 10.2. The summed E-state index contributed by atoms with van der Waals surface area (Å²) in [5.41, 5.74) is 2.48. The Hall–Kier alpha value is -2.79. The molecule has 0 amide bonds. The summed E-state index contributed by atoms with van der Waals surface area (Å²) in [7, 11) is 0. The number of hydrogen-bond donors (Lipinski definition) is 0. The van der Waals surface area contributed by atoms with Crippen molar-refractivity contribution in [3.63, 3.8) is 0 Å². The molecule has 0 aliphatic heterocycles. The van der Waals surface area contributed by atoms with Crippen LogP contribution in [0.5, 0.6) is 0 Å². The molecular weight excluding hydrogens is 344 g/mol. The molecule has 0 fully saturated rings. The molecule has 2 aromatic heterocycles. The van der Waals surface area contributed by atoms with Gasteiger partial charge >= 0.3 is 0 Å². The molecule has 3 nitrogen and oxygen atoms in total. The summed E-state index contributed by atoms with van der Waals surface area (Å²) in [4.78, 5) is 8.55. The quantitative estimate of drug-likeness (QED) is 0.480. The smallest absolute Gasteiger partial charge is 0.161 e. The monoisotopic (exact) mass is 355 g/mol. The number of rotatable bonds is 3. The van der Waals surface area contributed by atoms with Crippen LogP contribution in [0.15, 0.2) is 60.8 Å². The van der Waals surface area contributed by atoms with Crippen molar-refractivity contribution in [2.45, 2.75) is 6.54 Å². The molecule has 0 saturated carbocycles. The highest BCUT2D eigenvalue weighted by atomic mass is 35.5. The molecule has 4 aromatic rings. The molecule has 0 bridgehead atoms. The predicted molar refractivity (Wildman–Crippen MR) is 93.4 cm³/mol. The van der Waals surface area contributed by atoms with Gasteiger partial charge in [0.05, 0.1) is 16.6 Å². The third-order valence-electron chi connectivity index (χ3n) is 3.97. The van der Waals surface area contributed by atoms with Crippen LogP contribution in [0.1, 0.15) is 5.56 Å². The van der Waals surface area contributed by atoms with Crippen LogP contribution in [0, 0.1) is 11.6 Å². The molecule has 0 unspecified atom stereocenters. The summed E-state index contributed by atoms with van der Waals surface area (Å²) in [5.74, 6) is -1.33. The van der Waals surface area contributed by atoms with E-state index in [4.69, 9.17) is 11.6 Å². The average Bonchev–Trinajstić information content (AvgIpc) is 2.94. The van der Waals surface area contributed by atoms with Crippen LogP contribution in [0.2, 0.25) is 5.15 Å². The van der Waals surface area contributed by atoms with Gasteiger partial charge in [-0.25, -0.2) is 18.7 Å². The molecule has 6 heteroatoms. The molecule has 0 atom stereocenters. The van der Waals surface area contributed by atoms with E-state index in [-0.39, 0.29) is 5.15 Å². The Morgan fingerprint density at radius 3 is 2.48 bits per heavy atom. The van der Waals surface area contributed by atoms with E-state index in [1.807, 2.05) is 34.9 Å². The number of aromatic nitrogens is 3. The first-order chi connectivity index (χ1) is 12.1. The Bertz CT molecular complexity index is 1060. The Morgan fingerprint density at radius 1 is 0.960 bits per heavy atom. The molecule has 25 heavy (non-hydrogen) atoms. The number of fused-ring (bicyclic) bond motifs is 1. The number of benzene rings is 2. The van der Waals surface area contributed by atoms with Crippen LogP contribution >= 0.6 is 11.6 Å². The summed E-state index contributed by atoms with van der Waals surface area (Å²) in [6.07, 6.45) is 1.58. The van der Waals surface area contributed by atoms with Crippen LogP contribution in [-0.4, -0.2) is 14.5 Å². The Labute approximate surface area is 147 Å². The molecule has 2 heterocycles. The van der Waals surface area contributed by atoms with Gasteiger partial charge in [0.15, 0.2) is 11.6 Å². The number of hydrogen-bond acceptors (Lipinski definition) is 2. The number of imidazole rings is 1. The minimum Gasteiger partial charge on any atom is -0.319 e. The van der Waals surface area contributed by atoms with Gasteiger partial charge in [0, 0.05) is 24.9 Å². The summed E-state index contributed by atoms with van der Waals surface area (Å²) in [5, 5.41) is 0.285. The molecule has 124 valence electrons. The van der Waals surface area contributed by atoms with Crippen LogP contribution in [-0.2, 0) is 6.54 Å². The van der Waals surface area contributed by atoms with E-state index >= 15 is 0 Å². The van der Waals surface area contributed by atoms with Crippen molar-refractivity contribution in [2.24, 2.45) is 0 Å². The Balaban J connectivity index is 1.98. The van der Waals surface area contributed by atoms with Crippen molar-refractivity contribution in [1.82, 2.24) is 14.5 Å². The molecule has 0 aliphatic rings. The van der Waals surface area contributed by atoms with Crippen LogP contribution < -0.4 is 0 Å². The van der Waals surface area contributed by atoms with Crippen molar-refractivity contribution < 1.29 is 8.78 Å². The van der Waals surface area contributed by atoms with E-state index < -0.39 is 11.6 Å². The topological polar surface area (TPSA) is 30.7 Å². The minimum atomic E-state index is -0.930. The second-order valence-electron chi connectivity index (χ2n) is 5.60. The van der Waals surface area contributed by atoms with Gasteiger partial charge < -0.3 is 4.57 Å². The van der Waals surface area contributed by atoms with Crippen molar-refractivity contribution in [3.8, 4) is 11.4 Å². The van der Waals surface area contributed by atoms with Gasteiger partial charge in [-0.05, 0) is 17.7 Å². The van der Waals surface area contributed by atoms with Crippen LogP contribution in [0.3, 0.4) is 0 Å². The number of nitrogens with zero attached hydrogens (tertiary/aromatic N) is 3. The van der Waals surface area contributed by atoms with Crippen molar-refractivity contribution in [2.75, 3.05) is 0 Å². The van der Waals surface area contributed by atoms with E-state index in [1.54, 1.807) is 18.3 Å². The fraction of sp³-hybridized carbons (Fsp3) is 0.0526. The summed E-state index contributed by atoms with van der Waals surface area (Å²) in [6, 6.07) is 15.5. The summed E-state index contributed by atoms with van der Waals surface area (Å²) >= 11 is 6.21. The Morgan fingerprint density at radius 2 is 1.72 bits per heavy atom. The van der Waals surface area contributed by atoms with Gasteiger partial charge in [-0.1, -0.05) is 41.9 Å². The van der Waals surface area contributed by atoms with E-state index in [0.29, 0.717) is 29.0 Å². The van der Waals surface area contributed by atoms with Gasteiger partial charge in [-0.3, -0.25) is 0 Å². The molecular formula is C19H12ClF2N3. The average molecular weight is 356 g/mol. The third-order valence-corrected chi connectivity index (χ3v) is 4.27. The molecule has 2 aromatic carbocycles. The molecule has 0 saturated heterocycles. The first kappa shape index (κ1) is 15.7. The zero-order valence-electron chi connectivity index (χ0n) is 13.0. The van der Waals surface area contributed by atoms with Gasteiger partial charge in [-0.15, -0.1) is 0 Å². The lowest BCUT2D eigenvalue weighted by Crippen LogP contribution is -2.03. The fourth-order valence-corrected chi connectivity index (χ4v) is 3.01. The molecule has 0 N–H and O–H groups in total. The normalized spacial score (nSPS) is 11.2. The van der Waals surface area contributed by atoms with E-state index in [1.165, 1.54) is 0 Å². The lowest BCUT2D eigenvalue weighted by molar-refractivity contribution is 0.510. The molecule has 0 spiro atoms. The maximum absolute atomic E-state index is 13.8. The predicted octanol–water partition coefficient (Wildman–Crippen LogP) is 5.08. The zero-order valence-corrected chi connectivity index (χ0v) is 13.7. The van der Waals surface area contributed by atoms with E-state index in [0.717, 1.165) is 17.7 Å². The van der Waals surface area contributed by atoms with E-state index in [9.17, 15) is 8.78 Å². The highest BCUT2D eigenvalue weighted by Gasteiger charge is 2.18. The standard InChI is InChI=1S/C19H12ClF2N3/c20-18-13(7-4-8-23-18)19-24-16-9-14(21)15(22)10-17(16)25(19)11-12-5-2-1-3-6-12/h1-10H,11H2. The van der Waals surface area contributed by atoms with Crippen molar-refractivity contribution >= 4 is 22.6 Å². The van der Waals surface area contributed by atoms with Crippen molar-refractivity contribution in [3.05, 3.63) is 83.1 Å². The second kappa shape index (κ2) is 6.26. The van der Waals surface area contributed by atoms with Gasteiger partial charge in [0.25, 0.3) is 0 Å². The first-order valence-electron chi connectivity index (χ1n) is 7.63. The number of halogens is 3. The zero-order chi connectivity index (χ0) is 17.4. The van der Waals surface area contributed by atoms with Crippen molar-refractivity contribution in [1.29, 1.82) is 0 Å². The second-order valence-corrected chi connectivity index (χ2v) is 5.96. The van der Waals surface area contributed by atoms with Crippen LogP contribution in [0.25, 0.3) is 22.4 Å². The van der Waals surface area contributed by atoms with Gasteiger partial charge in [-0.2, -0.15) is 0 Å². The lowest BCUT2D eigenvalue weighted by Gasteiger charge is -2.10. The molecule has 4 rings (SSSR count). The highest BCUT2D eigenvalue weighted by Crippen LogP contribution is 2.30. The SMILES string of the molecule is Fc1cc2nc(-c3cccnc3Cl)n(Cc3ccccc3)c2cc1F. The Kier molecular flexibility index (Phi) is 3.93. The highest BCUT2D eigenvalue weighted by molar-refractivity contribution is 6.32. The minimum absolute atomic E-state index is 0.285. The molecule has 0 aliphatic carbocycles. The summed E-state index contributed by atoms with van der Waals surface area (Å²) in [6.45, 7) is 0.447. The van der Waals surface area contributed by atoms with E-state index in [2.05, 4.69) is 9.97 Å².